The highest BCUT2D eigenvalue weighted by Crippen LogP contribution is 2.24. The maximum absolute atomic E-state index is 3.39. The van der Waals surface area contributed by atoms with E-state index in [4.69, 9.17) is 0 Å². The summed E-state index contributed by atoms with van der Waals surface area (Å²) in [6, 6.07) is 0. The van der Waals surface area contributed by atoms with Crippen LogP contribution < -0.4 is 10.6 Å². The van der Waals surface area contributed by atoms with E-state index in [1.54, 1.807) is 0 Å². The Hall–Kier alpha value is 0.270. The average molecular weight is 176 g/mol. The largest absolute Gasteiger partial charge is 0.308 e. The Morgan fingerprint density at radius 2 is 1.91 bits per heavy atom. The van der Waals surface area contributed by atoms with E-state index in [0.717, 1.165) is 6.67 Å². The Kier molecular flexibility index (Phi) is 5.13. The van der Waals surface area contributed by atoms with Gasteiger partial charge in [-0.05, 0) is 20.9 Å². The van der Waals surface area contributed by atoms with Gasteiger partial charge in [-0.2, -0.15) is 0 Å². The second kappa shape index (κ2) is 5.01. The lowest BCUT2D eigenvalue weighted by Gasteiger charge is -2.27. The number of hydrogen-bond acceptors (Lipinski definition) is 3. The first kappa shape index (κ1) is 11.3. The first-order valence-electron chi connectivity index (χ1n) is 4.05. The van der Waals surface area contributed by atoms with Crippen LogP contribution in [0.1, 0.15) is 27.7 Å². The summed E-state index contributed by atoms with van der Waals surface area (Å²) in [6.45, 7) is 9.71. The summed E-state index contributed by atoms with van der Waals surface area (Å²) in [5, 5.41) is 7.14. The normalized spacial score (nSPS) is 12.5. The Balaban J connectivity index is 3.61. The highest BCUT2D eigenvalue weighted by Gasteiger charge is 2.17. The van der Waals surface area contributed by atoms with Crippen LogP contribution in [-0.2, 0) is 0 Å². The van der Waals surface area contributed by atoms with Crippen LogP contribution in [0.3, 0.4) is 0 Å². The van der Waals surface area contributed by atoms with E-state index < -0.39 is 0 Å². The van der Waals surface area contributed by atoms with E-state index in [0.29, 0.717) is 5.25 Å². The van der Waals surface area contributed by atoms with Crippen molar-refractivity contribution in [2.75, 3.05) is 13.7 Å². The summed E-state index contributed by atoms with van der Waals surface area (Å²) < 4.78 is 0. The van der Waals surface area contributed by atoms with Gasteiger partial charge in [0, 0.05) is 11.9 Å². The zero-order valence-electron chi connectivity index (χ0n) is 8.19. The van der Waals surface area contributed by atoms with Gasteiger partial charge in [-0.3, -0.25) is 5.32 Å². The summed E-state index contributed by atoms with van der Waals surface area (Å²) in [5.74, 6) is 0. The van der Waals surface area contributed by atoms with Gasteiger partial charge in [-0.15, -0.1) is 11.8 Å². The van der Waals surface area contributed by atoms with Crippen LogP contribution in [0.2, 0.25) is 0 Å². The van der Waals surface area contributed by atoms with Gasteiger partial charge in [-0.1, -0.05) is 13.8 Å². The van der Waals surface area contributed by atoms with Gasteiger partial charge in [0.05, 0.1) is 4.87 Å². The van der Waals surface area contributed by atoms with Gasteiger partial charge in [0.1, 0.15) is 0 Å². The van der Waals surface area contributed by atoms with Gasteiger partial charge >= 0.3 is 0 Å². The first-order chi connectivity index (χ1) is 4.98. The lowest BCUT2D eigenvalue weighted by atomic mass is 10.4. The summed E-state index contributed by atoms with van der Waals surface area (Å²) in [5.41, 5.74) is 0. The van der Waals surface area contributed by atoms with Crippen molar-refractivity contribution in [3.63, 3.8) is 0 Å². The highest BCUT2D eigenvalue weighted by molar-refractivity contribution is 8.01. The SMILES string of the molecule is CNCNC(C)(C)SC(C)C. The molecule has 68 valence electrons. The van der Waals surface area contributed by atoms with E-state index in [1.165, 1.54) is 0 Å². The molecule has 0 aliphatic heterocycles. The van der Waals surface area contributed by atoms with Crippen molar-refractivity contribution in [3.05, 3.63) is 0 Å². The van der Waals surface area contributed by atoms with E-state index >= 15 is 0 Å². The molecular weight excluding hydrogens is 156 g/mol. The maximum Gasteiger partial charge on any atom is 0.0600 e. The number of nitrogens with one attached hydrogen (secondary N) is 2. The zero-order valence-corrected chi connectivity index (χ0v) is 9.01. The van der Waals surface area contributed by atoms with Gasteiger partial charge in [-0.25, -0.2) is 0 Å². The average Bonchev–Trinajstić information content (AvgIpc) is 1.81. The van der Waals surface area contributed by atoms with Gasteiger partial charge < -0.3 is 5.32 Å². The summed E-state index contributed by atoms with van der Waals surface area (Å²) in [7, 11) is 1.95. The van der Waals surface area contributed by atoms with Crippen LogP contribution in [0.25, 0.3) is 0 Å². The number of hydrogen-bond donors (Lipinski definition) is 2. The van der Waals surface area contributed by atoms with Crippen LogP contribution in [0.15, 0.2) is 0 Å². The second-order valence-corrected chi connectivity index (χ2v) is 5.58. The van der Waals surface area contributed by atoms with Crippen molar-refractivity contribution in [2.45, 2.75) is 37.8 Å². The number of thioether (sulfide) groups is 1. The van der Waals surface area contributed by atoms with Crippen LogP contribution >= 0.6 is 11.8 Å². The van der Waals surface area contributed by atoms with Crippen molar-refractivity contribution in [2.24, 2.45) is 0 Å². The summed E-state index contributed by atoms with van der Waals surface area (Å²) >= 11 is 1.95. The predicted octanol–water partition coefficient (Wildman–Crippen LogP) is 1.63. The van der Waals surface area contributed by atoms with Crippen LogP contribution in [0.5, 0.6) is 0 Å². The molecule has 0 atom stereocenters. The molecule has 0 fully saturated rings. The molecule has 11 heavy (non-hydrogen) atoms. The fourth-order valence-corrected chi connectivity index (χ4v) is 2.27. The maximum atomic E-state index is 3.39. The molecule has 2 nitrogen and oxygen atoms in total. The molecule has 0 aliphatic rings. The van der Waals surface area contributed by atoms with Gasteiger partial charge in [0.15, 0.2) is 0 Å². The molecule has 0 saturated heterocycles. The van der Waals surface area contributed by atoms with Crippen LogP contribution in [-0.4, -0.2) is 23.8 Å². The summed E-state index contributed by atoms with van der Waals surface area (Å²) in [4.78, 5) is 0.178. The summed E-state index contributed by atoms with van der Waals surface area (Å²) in [6.07, 6.45) is 0. The smallest absolute Gasteiger partial charge is 0.0600 e. The molecule has 0 bridgehead atoms. The third kappa shape index (κ3) is 6.66. The molecule has 0 aromatic rings. The third-order valence-electron chi connectivity index (χ3n) is 1.22. The molecule has 0 spiro atoms. The molecule has 0 saturated carbocycles. The fourth-order valence-electron chi connectivity index (χ4n) is 0.932. The van der Waals surface area contributed by atoms with E-state index in [9.17, 15) is 0 Å². The van der Waals surface area contributed by atoms with E-state index in [-0.39, 0.29) is 4.87 Å². The Labute approximate surface area is 74.5 Å². The Bertz CT molecular complexity index is 102. The standard InChI is InChI=1S/C8H20N2S/c1-7(2)11-8(3,4)10-6-9-5/h7,9-10H,6H2,1-5H3. The van der Waals surface area contributed by atoms with Crippen molar-refractivity contribution < 1.29 is 0 Å². The monoisotopic (exact) mass is 176 g/mol. The van der Waals surface area contributed by atoms with Crippen LogP contribution in [0.4, 0.5) is 0 Å². The Morgan fingerprint density at radius 3 is 2.27 bits per heavy atom. The molecule has 0 amide bonds. The molecule has 0 rings (SSSR count). The lowest BCUT2D eigenvalue weighted by molar-refractivity contribution is 0.515. The molecule has 0 aromatic carbocycles. The van der Waals surface area contributed by atoms with Gasteiger partial charge in [0.25, 0.3) is 0 Å². The van der Waals surface area contributed by atoms with Gasteiger partial charge in [0.2, 0.25) is 0 Å². The minimum Gasteiger partial charge on any atom is -0.308 e. The predicted molar refractivity (Wildman–Crippen MR) is 53.9 cm³/mol. The molecule has 0 unspecified atom stereocenters. The molecule has 0 aliphatic carbocycles. The first-order valence-corrected chi connectivity index (χ1v) is 4.93. The molecule has 0 aromatic heterocycles. The minimum atomic E-state index is 0.178. The molecule has 2 N–H and O–H groups in total. The highest BCUT2D eigenvalue weighted by atomic mass is 32.2. The van der Waals surface area contributed by atoms with E-state index in [2.05, 4.69) is 38.3 Å². The topological polar surface area (TPSA) is 24.1 Å². The zero-order chi connectivity index (χ0) is 8.91. The second-order valence-electron chi connectivity index (χ2n) is 3.38. The minimum absolute atomic E-state index is 0.178. The Morgan fingerprint density at radius 1 is 1.36 bits per heavy atom. The van der Waals surface area contributed by atoms with Crippen molar-refractivity contribution in [1.29, 1.82) is 0 Å². The third-order valence-corrected chi connectivity index (χ3v) is 2.43. The fraction of sp³-hybridized carbons (Fsp3) is 1.00. The molecule has 0 heterocycles. The molecule has 0 radical (unpaired) electrons. The number of rotatable bonds is 5. The van der Waals surface area contributed by atoms with Crippen molar-refractivity contribution in [3.8, 4) is 0 Å². The van der Waals surface area contributed by atoms with Crippen molar-refractivity contribution >= 4 is 11.8 Å². The van der Waals surface area contributed by atoms with E-state index in [1.807, 2.05) is 18.8 Å². The quantitative estimate of drug-likeness (QED) is 0.623. The lowest BCUT2D eigenvalue weighted by Crippen LogP contribution is -2.41. The molecular formula is C8H20N2S. The van der Waals surface area contributed by atoms with Crippen LogP contribution in [0, 0.1) is 0 Å². The van der Waals surface area contributed by atoms with Crippen molar-refractivity contribution in [1.82, 2.24) is 10.6 Å². The molecule has 3 heteroatoms.